The number of aliphatic carboxylic acids is 1. The van der Waals surface area contributed by atoms with Gasteiger partial charge in [0.05, 0.1) is 12.0 Å². The van der Waals surface area contributed by atoms with E-state index in [1.807, 2.05) is 12.1 Å². The fraction of sp³-hybridized carbons (Fsp3) is 0.0909. The van der Waals surface area contributed by atoms with Crippen molar-refractivity contribution in [2.24, 2.45) is 0 Å². The van der Waals surface area contributed by atoms with Gasteiger partial charge in [0.25, 0.3) is 5.91 Å². The number of carbonyl (C=O) groups is 2. The average Bonchev–Trinajstić information content (AvgIpc) is 2.69. The summed E-state index contributed by atoms with van der Waals surface area (Å²) in [6, 6.07) is 21.0. The molecule has 0 bridgehead atoms. The lowest BCUT2D eigenvalue weighted by Crippen LogP contribution is -2.13. The largest absolute Gasteiger partial charge is 0.488 e. The van der Waals surface area contributed by atoms with E-state index in [1.165, 1.54) is 0 Å². The van der Waals surface area contributed by atoms with Crippen molar-refractivity contribution in [2.45, 2.75) is 13.0 Å². The van der Waals surface area contributed by atoms with Crippen molar-refractivity contribution in [1.29, 1.82) is 0 Å². The standard InChI is InChI=1S/C22H18ClNO4/c23-17-9-5-16(6-10-17)14-28-20-4-2-1-3-19(20)22(27)24-18-11-7-15(8-12-18)13-21(25)26/h1-12H,13-14H2,(H,24,27)(H,25,26). The number of carboxylic acids is 1. The minimum atomic E-state index is -0.899. The maximum absolute atomic E-state index is 12.7. The summed E-state index contributed by atoms with van der Waals surface area (Å²) >= 11 is 5.88. The van der Waals surface area contributed by atoms with Crippen LogP contribution in [0.3, 0.4) is 0 Å². The Hall–Kier alpha value is -3.31. The van der Waals surface area contributed by atoms with E-state index in [2.05, 4.69) is 5.32 Å². The zero-order chi connectivity index (χ0) is 19.9. The van der Waals surface area contributed by atoms with E-state index in [9.17, 15) is 9.59 Å². The number of hydrogen-bond acceptors (Lipinski definition) is 3. The van der Waals surface area contributed by atoms with Crippen molar-refractivity contribution in [2.75, 3.05) is 5.32 Å². The number of halogens is 1. The quantitative estimate of drug-likeness (QED) is 0.602. The third kappa shape index (κ3) is 5.34. The van der Waals surface area contributed by atoms with Crippen LogP contribution < -0.4 is 10.1 Å². The van der Waals surface area contributed by atoms with Crippen LogP contribution in [-0.4, -0.2) is 17.0 Å². The van der Waals surface area contributed by atoms with Crippen molar-refractivity contribution in [3.05, 3.63) is 94.5 Å². The van der Waals surface area contributed by atoms with E-state index in [0.717, 1.165) is 5.56 Å². The Kier molecular flexibility index (Phi) is 6.29. The normalized spacial score (nSPS) is 10.3. The minimum Gasteiger partial charge on any atom is -0.488 e. The number of benzene rings is 3. The van der Waals surface area contributed by atoms with Gasteiger partial charge >= 0.3 is 5.97 Å². The molecule has 142 valence electrons. The molecule has 0 radical (unpaired) electrons. The summed E-state index contributed by atoms with van der Waals surface area (Å²) in [6.07, 6.45) is -0.0599. The fourth-order valence-electron chi connectivity index (χ4n) is 2.60. The van der Waals surface area contributed by atoms with Gasteiger partial charge < -0.3 is 15.2 Å². The van der Waals surface area contributed by atoms with Crippen molar-refractivity contribution in [3.8, 4) is 5.75 Å². The first-order chi connectivity index (χ1) is 13.5. The number of para-hydroxylation sites is 1. The van der Waals surface area contributed by atoms with Crippen LogP contribution in [0.2, 0.25) is 5.02 Å². The third-order valence-electron chi connectivity index (χ3n) is 4.01. The highest BCUT2D eigenvalue weighted by Gasteiger charge is 2.13. The molecular weight excluding hydrogens is 378 g/mol. The molecule has 0 saturated carbocycles. The highest BCUT2D eigenvalue weighted by molar-refractivity contribution is 6.30. The van der Waals surface area contributed by atoms with Crippen molar-refractivity contribution >= 4 is 29.2 Å². The molecule has 0 heterocycles. The number of nitrogens with one attached hydrogen (secondary N) is 1. The summed E-state index contributed by atoms with van der Waals surface area (Å²) in [4.78, 5) is 23.4. The molecule has 0 fully saturated rings. The lowest BCUT2D eigenvalue weighted by atomic mass is 10.1. The molecule has 0 spiro atoms. The highest BCUT2D eigenvalue weighted by Crippen LogP contribution is 2.22. The number of anilines is 1. The molecule has 0 aliphatic heterocycles. The van der Waals surface area contributed by atoms with Gasteiger partial charge in [0.2, 0.25) is 0 Å². The van der Waals surface area contributed by atoms with E-state index in [-0.39, 0.29) is 12.3 Å². The topological polar surface area (TPSA) is 75.6 Å². The maximum Gasteiger partial charge on any atom is 0.307 e. The van der Waals surface area contributed by atoms with E-state index in [1.54, 1.807) is 60.7 Å². The molecule has 3 aromatic rings. The second kappa shape index (κ2) is 9.06. The highest BCUT2D eigenvalue weighted by atomic mass is 35.5. The first kappa shape index (κ1) is 19.5. The van der Waals surface area contributed by atoms with Gasteiger partial charge in [-0.1, -0.05) is 48.0 Å². The van der Waals surface area contributed by atoms with Crippen molar-refractivity contribution in [1.82, 2.24) is 0 Å². The summed E-state index contributed by atoms with van der Waals surface area (Å²) in [5.41, 5.74) is 2.59. The summed E-state index contributed by atoms with van der Waals surface area (Å²) in [5.74, 6) is -0.737. The van der Waals surface area contributed by atoms with Crippen molar-refractivity contribution < 1.29 is 19.4 Å². The van der Waals surface area contributed by atoms with Crippen LogP contribution in [0.4, 0.5) is 5.69 Å². The SMILES string of the molecule is O=C(O)Cc1ccc(NC(=O)c2ccccc2OCc2ccc(Cl)cc2)cc1. The third-order valence-corrected chi connectivity index (χ3v) is 4.26. The van der Waals surface area contributed by atoms with E-state index < -0.39 is 5.97 Å². The van der Waals surface area contributed by atoms with Crippen LogP contribution >= 0.6 is 11.6 Å². The number of carbonyl (C=O) groups excluding carboxylic acids is 1. The molecule has 0 atom stereocenters. The number of carboxylic acid groups (broad SMARTS) is 1. The molecule has 1 amide bonds. The predicted molar refractivity (Wildman–Crippen MR) is 108 cm³/mol. The predicted octanol–water partition coefficient (Wildman–Crippen LogP) is 4.80. The Balaban J connectivity index is 1.68. The smallest absolute Gasteiger partial charge is 0.307 e. The average molecular weight is 396 g/mol. The van der Waals surface area contributed by atoms with Crippen LogP contribution in [0.5, 0.6) is 5.75 Å². The number of ether oxygens (including phenoxy) is 1. The van der Waals surface area contributed by atoms with Crippen LogP contribution in [0.1, 0.15) is 21.5 Å². The summed E-state index contributed by atoms with van der Waals surface area (Å²) < 4.78 is 5.82. The first-order valence-corrected chi connectivity index (χ1v) is 8.97. The van der Waals surface area contributed by atoms with E-state index >= 15 is 0 Å². The minimum absolute atomic E-state index is 0.0599. The molecule has 3 rings (SSSR count). The Morgan fingerprint density at radius 1 is 0.893 bits per heavy atom. The molecule has 5 nitrogen and oxygen atoms in total. The summed E-state index contributed by atoms with van der Waals surface area (Å²) in [5, 5.41) is 12.3. The zero-order valence-electron chi connectivity index (χ0n) is 14.9. The van der Waals surface area contributed by atoms with E-state index in [4.69, 9.17) is 21.4 Å². The van der Waals surface area contributed by atoms with Crippen molar-refractivity contribution in [3.63, 3.8) is 0 Å². The molecule has 28 heavy (non-hydrogen) atoms. The Morgan fingerprint density at radius 2 is 1.54 bits per heavy atom. The first-order valence-electron chi connectivity index (χ1n) is 8.59. The lowest BCUT2D eigenvalue weighted by Gasteiger charge is -2.12. The van der Waals surface area contributed by atoms with Crippen LogP contribution in [0.15, 0.2) is 72.8 Å². The molecule has 0 unspecified atom stereocenters. The van der Waals surface area contributed by atoms with Gasteiger partial charge in [-0.2, -0.15) is 0 Å². The van der Waals surface area contributed by atoms with Crippen LogP contribution in [0.25, 0.3) is 0 Å². The molecule has 2 N–H and O–H groups in total. The molecule has 0 saturated heterocycles. The molecule has 3 aromatic carbocycles. The molecular formula is C22H18ClNO4. The molecule has 0 aliphatic carbocycles. The zero-order valence-corrected chi connectivity index (χ0v) is 15.6. The van der Waals surface area contributed by atoms with Gasteiger partial charge in [-0.25, -0.2) is 0 Å². The maximum atomic E-state index is 12.7. The van der Waals surface area contributed by atoms with Gasteiger partial charge in [-0.3, -0.25) is 9.59 Å². The van der Waals surface area contributed by atoms with Gasteiger partial charge in [-0.05, 0) is 47.5 Å². The van der Waals surface area contributed by atoms with E-state index in [0.29, 0.717) is 34.2 Å². The van der Waals surface area contributed by atoms with Gasteiger partial charge in [-0.15, -0.1) is 0 Å². The number of hydrogen-bond donors (Lipinski definition) is 2. The van der Waals surface area contributed by atoms with Gasteiger partial charge in [0.1, 0.15) is 12.4 Å². The Labute approximate surface area is 167 Å². The Morgan fingerprint density at radius 3 is 2.21 bits per heavy atom. The molecule has 0 aromatic heterocycles. The van der Waals surface area contributed by atoms with Crippen LogP contribution in [-0.2, 0) is 17.8 Å². The number of amides is 1. The second-order valence-corrected chi connectivity index (χ2v) is 6.57. The summed E-state index contributed by atoms with van der Waals surface area (Å²) in [6.45, 7) is 0.311. The fourth-order valence-corrected chi connectivity index (χ4v) is 2.73. The lowest BCUT2D eigenvalue weighted by molar-refractivity contribution is -0.136. The van der Waals surface area contributed by atoms with Gasteiger partial charge in [0.15, 0.2) is 0 Å². The number of rotatable bonds is 7. The second-order valence-electron chi connectivity index (χ2n) is 6.13. The summed E-state index contributed by atoms with van der Waals surface area (Å²) in [7, 11) is 0. The van der Waals surface area contributed by atoms with Gasteiger partial charge in [0, 0.05) is 10.7 Å². The monoisotopic (exact) mass is 395 g/mol. The Bertz CT molecular complexity index is 969. The van der Waals surface area contributed by atoms with Crippen LogP contribution in [0, 0.1) is 0 Å². The molecule has 0 aliphatic rings. The molecule has 6 heteroatoms.